The molecule has 0 unspecified atom stereocenters. The van der Waals surface area contributed by atoms with E-state index in [0.717, 1.165) is 16.7 Å². The van der Waals surface area contributed by atoms with Gasteiger partial charge < -0.3 is 5.32 Å². The lowest BCUT2D eigenvalue weighted by molar-refractivity contribution is -0.124. The SMILES string of the molecule is Cc1ccc(S(=O)(=O)N2CCC[C@H]2C(=O)NCc2ccc(Cn3cccn3)cc2)cc1. The van der Waals surface area contributed by atoms with Crippen LogP contribution in [0.1, 0.15) is 29.5 Å². The van der Waals surface area contributed by atoms with Crippen molar-refractivity contribution < 1.29 is 13.2 Å². The van der Waals surface area contributed by atoms with E-state index in [2.05, 4.69) is 10.4 Å². The first-order valence-electron chi connectivity index (χ1n) is 10.3. The maximum Gasteiger partial charge on any atom is 0.243 e. The molecule has 2 heterocycles. The van der Waals surface area contributed by atoms with Crippen molar-refractivity contribution in [1.29, 1.82) is 0 Å². The molecule has 3 aromatic rings. The number of carbonyl (C=O) groups is 1. The summed E-state index contributed by atoms with van der Waals surface area (Å²) in [5.41, 5.74) is 3.07. The molecule has 8 heteroatoms. The van der Waals surface area contributed by atoms with Crippen LogP contribution in [-0.2, 0) is 27.9 Å². The zero-order valence-corrected chi connectivity index (χ0v) is 18.3. The van der Waals surface area contributed by atoms with E-state index >= 15 is 0 Å². The molecule has 2 aromatic carbocycles. The monoisotopic (exact) mass is 438 g/mol. The summed E-state index contributed by atoms with van der Waals surface area (Å²) in [6.45, 7) is 3.31. The fourth-order valence-corrected chi connectivity index (χ4v) is 5.44. The van der Waals surface area contributed by atoms with Gasteiger partial charge in [0.05, 0.1) is 11.4 Å². The Balaban J connectivity index is 1.38. The molecule has 0 spiro atoms. The van der Waals surface area contributed by atoms with Gasteiger partial charge in [-0.3, -0.25) is 9.48 Å². The quantitative estimate of drug-likeness (QED) is 0.615. The Bertz CT molecular complexity index is 1120. The molecule has 1 aromatic heterocycles. The molecule has 0 aliphatic carbocycles. The average Bonchev–Trinajstić information content (AvgIpc) is 3.46. The number of nitrogens with one attached hydrogen (secondary N) is 1. The van der Waals surface area contributed by atoms with Gasteiger partial charge in [-0.05, 0) is 49.1 Å². The summed E-state index contributed by atoms with van der Waals surface area (Å²) >= 11 is 0. The van der Waals surface area contributed by atoms with E-state index in [-0.39, 0.29) is 10.8 Å². The predicted octanol–water partition coefficient (Wildman–Crippen LogP) is 2.71. The maximum absolute atomic E-state index is 13.0. The Morgan fingerprint density at radius 3 is 2.48 bits per heavy atom. The van der Waals surface area contributed by atoms with Gasteiger partial charge in [0.2, 0.25) is 15.9 Å². The predicted molar refractivity (Wildman–Crippen MR) is 118 cm³/mol. The number of nitrogens with zero attached hydrogens (tertiary/aromatic N) is 3. The second-order valence-electron chi connectivity index (χ2n) is 7.82. The fourth-order valence-electron chi connectivity index (χ4n) is 3.79. The molecule has 1 saturated heterocycles. The number of benzene rings is 2. The third-order valence-corrected chi connectivity index (χ3v) is 7.45. The molecule has 0 radical (unpaired) electrons. The number of aromatic nitrogens is 2. The number of hydrogen-bond acceptors (Lipinski definition) is 4. The third kappa shape index (κ3) is 4.86. The first-order chi connectivity index (χ1) is 14.9. The van der Waals surface area contributed by atoms with Crippen LogP contribution in [-0.4, -0.2) is 41.0 Å². The van der Waals surface area contributed by atoms with Crippen molar-refractivity contribution in [2.45, 2.75) is 43.8 Å². The summed E-state index contributed by atoms with van der Waals surface area (Å²) < 4.78 is 29.3. The molecule has 162 valence electrons. The number of rotatable bonds is 7. The highest BCUT2D eigenvalue weighted by Crippen LogP contribution is 2.26. The van der Waals surface area contributed by atoms with E-state index in [1.54, 1.807) is 30.5 Å². The second-order valence-corrected chi connectivity index (χ2v) is 9.72. The summed E-state index contributed by atoms with van der Waals surface area (Å²) in [4.78, 5) is 13.0. The van der Waals surface area contributed by atoms with Crippen LogP contribution >= 0.6 is 0 Å². The molecule has 1 aliphatic rings. The Hall–Kier alpha value is -2.97. The van der Waals surface area contributed by atoms with E-state index in [0.29, 0.717) is 32.5 Å². The van der Waals surface area contributed by atoms with Gasteiger partial charge >= 0.3 is 0 Å². The van der Waals surface area contributed by atoms with E-state index in [1.165, 1.54) is 4.31 Å². The molecule has 1 amide bonds. The lowest BCUT2D eigenvalue weighted by atomic mass is 10.1. The molecule has 4 rings (SSSR count). The van der Waals surface area contributed by atoms with Crippen molar-refractivity contribution >= 4 is 15.9 Å². The standard InChI is InChI=1S/C23H26N4O3S/c1-18-5-11-21(12-6-18)31(29,30)27-15-2-4-22(27)23(28)24-16-19-7-9-20(10-8-19)17-26-14-3-13-25-26/h3,5-14,22H,2,4,15-17H2,1H3,(H,24,28)/t22-/m0/s1. The Labute approximate surface area is 182 Å². The molecule has 0 bridgehead atoms. The van der Waals surface area contributed by atoms with Crippen LogP contribution in [0.5, 0.6) is 0 Å². The van der Waals surface area contributed by atoms with Gasteiger partial charge in [0.1, 0.15) is 6.04 Å². The lowest BCUT2D eigenvalue weighted by Crippen LogP contribution is -2.45. The highest BCUT2D eigenvalue weighted by Gasteiger charge is 2.39. The normalized spacial score (nSPS) is 17.0. The lowest BCUT2D eigenvalue weighted by Gasteiger charge is -2.23. The minimum atomic E-state index is -3.70. The van der Waals surface area contributed by atoms with E-state index in [9.17, 15) is 13.2 Å². The topological polar surface area (TPSA) is 84.3 Å². The van der Waals surface area contributed by atoms with Crippen molar-refractivity contribution in [3.05, 3.63) is 83.7 Å². The van der Waals surface area contributed by atoms with E-state index in [1.807, 2.05) is 48.1 Å². The van der Waals surface area contributed by atoms with E-state index in [4.69, 9.17) is 0 Å². The highest BCUT2D eigenvalue weighted by molar-refractivity contribution is 7.89. The van der Waals surface area contributed by atoms with Gasteiger partial charge in [-0.25, -0.2) is 8.42 Å². The minimum absolute atomic E-state index is 0.227. The van der Waals surface area contributed by atoms with Crippen molar-refractivity contribution in [3.8, 4) is 0 Å². The smallest absolute Gasteiger partial charge is 0.243 e. The molecular weight excluding hydrogens is 412 g/mol. The van der Waals surface area contributed by atoms with Crippen LogP contribution in [0.15, 0.2) is 71.9 Å². The minimum Gasteiger partial charge on any atom is -0.351 e. The number of sulfonamides is 1. The Morgan fingerprint density at radius 2 is 1.81 bits per heavy atom. The number of hydrogen-bond donors (Lipinski definition) is 1. The first-order valence-corrected chi connectivity index (χ1v) is 11.8. The zero-order valence-electron chi connectivity index (χ0n) is 17.4. The maximum atomic E-state index is 13.0. The van der Waals surface area contributed by atoms with Crippen LogP contribution in [0.2, 0.25) is 0 Å². The number of aryl methyl sites for hydroxylation is 1. The molecule has 1 N–H and O–H groups in total. The summed E-state index contributed by atoms with van der Waals surface area (Å²) in [6.07, 6.45) is 4.85. The summed E-state index contributed by atoms with van der Waals surface area (Å²) in [7, 11) is -3.70. The number of amides is 1. The summed E-state index contributed by atoms with van der Waals surface area (Å²) in [6, 6.07) is 15.9. The molecular formula is C23H26N4O3S. The summed E-state index contributed by atoms with van der Waals surface area (Å²) in [5.74, 6) is -0.256. The molecule has 0 saturated carbocycles. The van der Waals surface area contributed by atoms with Crippen molar-refractivity contribution in [2.24, 2.45) is 0 Å². The second kappa shape index (κ2) is 9.03. The van der Waals surface area contributed by atoms with Crippen LogP contribution in [0, 0.1) is 6.92 Å². The van der Waals surface area contributed by atoms with Gasteiger partial charge in [-0.2, -0.15) is 9.40 Å². The van der Waals surface area contributed by atoms with Gasteiger partial charge in [0, 0.05) is 25.5 Å². The van der Waals surface area contributed by atoms with Gasteiger partial charge in [0.25, 0.3) is 0 Å². The number of carbonyl (C=O) groups excluding carboxylic acids is 1. The summed E-state index contributed by atoms with van der Waals surface area (Å²) in [5, 5.41) is 7.10. The van der Waals surface area contributed by atoms with Crippen LogP contribution in [0.4, 0.5) is 0 Å². The van der Waals surface area contributed by atoms with Gasteiger partial charge in [0.15, 0.2) is 0 Å². The van der Waals surface area contributed by atoms with Crippen LogP contribution in [0.25, 0.3) is 0 Å². The van der Waals surface area contributed by atoms with E-state index < -0.39 is 16.1 Å². The zero-order chi connectivity index (χ0) is 21.8. The molecule has 1 aliphatic heterocycles. The highest BCUT2D eigenvalue weighted by atomic mass is 32.2. The van der Waals surface area contributed by atoms with Crippen molar-refractivity contribution in [3.63, 3.8) is 0 Å². The molecule has 7 nitrogen and oxygen atoms in total. The van der Waals surface area contributed by atoms with Gasteiger partial charge in [-0.1, -0.05) is 42.0 Å². The van der Waals surface area contributed by atoms with Gasteiger partial charge in [-0.15, -0.1) is 0 Å². The Morgan fingerprint density at radius 1 is 1.10 bits per heavy atom. The first kappa shape index (κ1) is 21.3. The molecule has 31 heavy (non-hydrogen) atoms. The van der Waals surface area contributed by atoms with Crippen molar-refractivity contribution in [1.82, 2.24) is 19.4 Å². The fraction of sp³-hybridized carbons (Fsp3) is 0.304. The van der Waals surface area contributed by atoms with Crippen LogP contribution in [0.3, 0.4) is 0 Å². The Kier molecular flexibility index (Phi) is 6.20. The molecule has 1 atom stereocenters. The average molecular weight is 439 g/mol. The largest absolute Gasteiger partial charge is 0.351 e. The third-order valence-electron chi connectivity index (χ3n) is 5.53. The molecule has 1 fully saturated rings. The van der Waals surface area contributed by atoms with Crippen molar-refractivity contribution in [2.75, 3.05) is 6.54 Å². The van der Waals surface area contributed by atoms with Crippen LogP contribution < -0.4 is 5.32 Å².